The maximum absolute atomic E-state index is 12.3. The molecule has 0 spiro atoms. The van der Waals surface area contributed by atoms with Crippen molar-refractivity contribution in [2.75, 3.05) is 6.61 Å². The smallest absolute Gasteiger partial charge is 0.473 e. The van der Waals surface area contributed by atoms with Gasteiger partial charge in [0.1, 0.15) is 12.4 Å². The Labute approximate surface area is 147 Å². The van der Waals surface area contributed by atoms with Crippen LogP contribution in [0.15, 0.2) is 40.6 Å². The van der Waals surface area contributed by atoms with Gasteiger partial charge in [0, 0.05) is 6.42 Å². The van der Waals surface area contributed by atoms with Crippen molar-refractivity contribution < 1.29 is 27.2 Å². The summed E-state index contributed by atoms with van der Waals surface area (Å²) in [6.07, 6.45) is 0.816. The van der Waals surface area contributed by atoms with Crippen molar-refractivity contribution in [2.24, 2.45) is 5.73 Å². The molecular formula is C18H17F3N2O3. The maximum atomic E-state index is 12.3. The molecule has 1 saturated carbocycles. The van der Waals surface area contributed by atoms with E-state index in [9.17, 15) is 13.2 Å². The van der Waals surface area contributed by atoms with Crippen LogP contribution >= 0.6 is 0 Å². The minimum atomic E-state index is -4.66. The molecule has 2 N–H and O–H groups in total. The van der Waals surface area contributed by atoms with Gasteiger partial charge in [-0.25, -0.2) is 0 Å². The minimum Gasteiger partial charge on any atom is -0.473 e. The van der Waals surface area contributed by atoms with Crippen LogP contribution in [-0.4, -0.2) is 23.7 Å². The Morgan fingerprint density at radius 2 is 2.00 bits per heavy atom. The van der Waals surface area contributed by atoms with Crippen LogP contribution < -0.4 is 10.5 Å². The normalized spacial score (nSPS) is 19.1. The van der Waals surface area contributed by atoms with E-state index in [4.69, 9.17) is 15.0 Å². The van der Waals surface area contributed by atoms with Gasteiger partial charge >= 0.3 is 6.36 Å². The standard InChI is InChI=1S/C18H17F3N2O3/c19-18(20,21)25-13-4-1-11(2-5-13)12-3-6-15-14(9-12)16(23-26-15)24-10-17(22)7-8-17/h1,3-4,6,9H,2,5,7-8,10,22H2. The summed E-state index contributed by atoms with van der Waals surface area (Å²) >= 11 is 0. The molecule has 1 aromatic carbocycles. The highest BCUT2D eigenvalue weighted by Crippen LogP contribution is 2.36. The van der Waals surface area contributed by atoms with Gasteiger partial charge in [0.25, 0.3) is 5.88 Å². The molecule has 8 heteroatoms. The molecule has 5 nitrogen and oxygen atoms in total. The molecule has 1 aromatic heterocycles. The fraction of sp³-hybridized carbons (Fsp3) is 0.389. The second-order valence-electron chi connectivity index (χ2n) is 6.72. The van der Waals surface area contributed by atoms with Crippen LogP contribution in [0.25, 0.3) is 16.5 Å². The summed E-state index contributed by atoms with van der Waals surface area (Å²) in [4.78, 5) is 0. The van der Waals surface area contributed by atoms with Crippen LogP contribution in [0.3, 0.4) is 0 Å². The SMILES string of the molecule is NC1(COc2noc3ccc(C4=CC=C(OC(F)(F)F)CC4)cc23)CC1. The van der Waals surface area contributed by atoms with Gasteiger partial charge in [0.2, 0.25) is 0 Å². The van der Waals surface area contributed by atoms with Crippen LogP contribution in [0, 0.1) is 0 Å². The summed E-state index contributed by atoms with van der Waals surface area (Å²) in [6.45, 7) is 0.377. The third-order valence-corrected chi connectivity index (χ3v) is 4.55. The topological polar surface area (TPSA) is 70.5 Å². The first-order valence-electron chi connectivity index (χ1n) is 8.28. The van der Waals surface area contributed by atoms with Crippen molar-refractivity contribution in [1.82, 2.24) is 5.16 Å². The lowest BCUT2D eigenvalue weighted by Crippen LogP contribution is -2.29. The summed E-state index contributed by atoms with van der Waals surface area (Å²) in [5, 5.41) is 4.65. The minimum absolute atomic E-state index is 0.0889. The predicted molar refractivity (Wildman–Crippen MR) is 88.1 cm³/mol. The van der Waals surface area contributed by atoms with Gasteiger partial charge in [-0.3, -0.25) is 0 Å². The number of hydrogen-bond acceptors (Lipinski definition) is 5. The third kappa shape index (κ3) is 3.70. The Bertz CT molecular complexity index is 895. The first-order chi connectivity index (χ1) is 12.3. The number of benzene rings is 1. The summed E-state index contributed by atoms with van der Waals surface area (Å²) < 4.78 is 51.8. The van der Waals surface area contributed by atoms with Crippen LogP contribution in [0.4, 0.5) is 13.2 Å². The molecule has 26 heavy (non-hydrogen) atoms. The number of fused-ring (bicyclic) bond motifs is 1. The van der Waals surface area contributed by atoms with E-state index >= 15 is 0 Å². The Balaban J connectivity index is 1.55. The second kappa shape index (κ2) is 6.05. The molecule has 0 atom stereocenters. The van der Waals surface area contributed by atoms with Gasteiger partial charge in [-0.2, -0.15) is 0 Å². The highest BCUT2D eigenvalue weighted by atomic mass is 19.4. The predicted octanol–water partition coefficient (Wildman–Crippen LogP) is 4.30. The zero-order chi connectivity index (χ0) is 18.4. The Morgan fingerprint density at radius 3 is 2.65 bits per heavy atom. The quantitative estimate of drug-likeness (QED) is 0.855. The van der Waals surface area contributed by atoms with Crippen LogP contribution in [0.2, 0.25) is 0 Å². The molecule has 138 valence electrons. The first kappa shape index (κ1) is 17.0. The summed E-state index contributed by atoms with van der Waals surface area (Å²) in [5.41, 5.74) is 8.12. The summed E-state index contributed by atoms with van der Waals surface area (Å²) in [6, 6.07) is 5.48. The zero-order valence-corrected chi connectivity index (χ0v) is 13.8. The largest absolute Gasteiger partial charge is 0.572 e. The molecule has 1 fully saturated rings. The molecule has 2 aromatic rings. The average Bonchev–Trinajstić information content (AvgIpc) is 3.18. The van der Waals surface area contributed by atoms with Crippen LogP contribution in [-0.2, 0) is 4.74 Å². The van der Waals surface area contributed by atoms with Gasteiger partial charge in [-0.05, 0) is 53.8 Å². The van der Waals surface area contributed by atoms with E-state index in [0.29, 0.717) is 29.9 Å². The Hall–Kier alpha value is -2.48. The van der Waals surface area contributed by atoms with E-state index in [-0.39, 0.29) is 17.7 Å². The molecule has 0 bridgehead atoms. The van der Waals surface area contributed by atoms with Crippen LogP contribution in [0.5, 0.6) is 5.88 Å². The van der Waals surface area contributed by atoms with E-state index < -0.39 is 6.36 Å². The lowest BCUT2D eigenvalue weighted by atomic mass is 9.96. The van der Waals surface area contributed by atoms with Crippen molar-refractivity contribution >= 4 is 16.5 Å². The van der Waals surface area contributed by atoms with Crippen LogP contribution in [0.1, 0.15) is 31.2 Å². The Kier molecular flexibility index (Phi) is 3.95. The van der Waals surface area contributed by atoms with E-state index in [1.807, 2.05) is 12.1 Å². The lowest BCUT2D eigenvalue weighted by Gasteiger charge is -2.17. The number of hydrogen-bond donors (Lipinski definition) is 1. The van der Waals surface area contributed by atoms with Gasteiger partial charge in [-0.1, -0.05) is 12.1 Å². The molecule has 0 unspecified atom stereocenters. The number of ether oxygens (including phenoxy) is 2. The van der Waals surface area contributed by atoms with E-state index in [0.717, 1.165) is 24.0 Å². The van der Waals surface area contributed by atoms with Crippen molar-refractivity contribution in [3.8, 4) is 5.88 Å². The number of alkyl halides is 3. The maximum Gasteiger partial charge on any atom is 0.572 e. The summed E-state index contributed by atoms with van der Waals surface area (Å²) in [5.74, 6) is 0.292. The molecule has 2 aliphatic rings. The molecule has 0 saturated heterocycles. The van der Waals surface area contributed by atoms with Gasteiger partial charge in [-0.15, -0.1) is 13.2 Å². The average molecular weight is 366 g/mol. The van der Waals surface area contributed by atoms with Gasteiger partial charge < -0.3 is 19.7 Å². The van der Waals surface area contributed by atoms with E-state index in [1.165, 1.54) is 6.08 Å². The highest BCUT2D eigenvalue weighted by Gasteiger charge is 2.39. The number of nitrogens with zero attached hydrogens (tertiary/aromatic N) is 1. The van der Waals surface area contributed by atoms with Crippen molar-refractivity contribution in [2.45, 2.75) is 37.6 Å². The van der Waals surface area contributed by atoms with Gasteiger partial charge in [0.05, 0.1) is 10.9 Å². The lowest BCUT2D eigenvalue weighted by molar-refractivity contribution is -0.306. The molecule has 2 aliphatic carbocycles. The summed E-state index contributed by atoms with van der Waals surface area (Å²) in [7, 11) is 0. The molecule has 4 rings (SSSR count). The molecule has 0 radical (unpaired) electrons. The number of nitrogens with two attached hydrogens (primary N) is 1. The molecular weight excluding hydrogens is 349 g/mol. The van der Waals surface area contributed by atoms with Crippen molar-refractivity contribution in [3.05, 3.63) is 41.7 Å². The second-order valence-corrected chi connectivity index (χ2v) is 6.72. The van der Waals surface area contributed by atoms with Crippen molar-refractivity contribution in [3.63, 3.8) is 0 Å². The fourth-order valence-corrected chi connectivity index (χ4v) is 2.83. The number of allylic oxidation sites excluding steroid dienone is 4. The zero-order valence-electron chi connectivity index (χ0n) is 13.8. The van der Waals surface area contributed by atoms with Crippen molar-refractivity contribution in [1.29, 1.82) is 0 Å². The third-order valence-electron chi connectivity index (χ3n) is 4.55. The van der Waals surface area contributed by atoms with E-state index in [2.05, 4.69) is 9.89 Å². The first-order valence-corrected chi connectivity index (χ1v) is 8.28. The number of rotatable bonds is 5. The Morgan fingerprint density at radius 1 is 1.19 bits per heavy atom. The van der Waals surface area contributed by atoms with Gasteiger partial charge in [0.15, 0.2) is 5.58 Å². The fourth-order valence-electron chi connectivity index (χ4n) is 2.83. The monoisotopic (exact) mass is 366 g/mol. The molecule has 1 heterocycles. The number of halogens is 3. The molecule has 0 amide bonds. The van der Waals surface area contributed by atoms with E-state index in [1.54, 1.807) is 12.1 Å². The number of aromatic nitrogens is 1. The molecule has 0 aliphatic heterocycles. The highest BCUT2D eigenvalue weighted by molar-refractivity contribution is 5.86.